The van der Waals surface area contributed by atoms with Crippen molar-refractivity contribution in [1.82, 2.24) is 0 Å². The third-order valence-electron chi connectivity index (χ3n) is 2.80. The van der Waals surface area contributed by atoms with Gasteiger partial charge in [-0.15, -0.1) is 0 Å². The van der Waals surface area contributed by atoms with Gasteiger partial charge in [0, 0.05) is 20.1 Å². The molecule has 104 valence electrons. The van der Waals surface area contributed by atoms with E-state index in [0.29, 0.717) is 15.6 Å². The molecule has 0 radical (unpaired) electrons. The Morgan fingerprint density at radius 1 is 1.05 bits per heavy atom. The Hall–Kier alpha value is -1.03. The summed E-state index contributed by atoms with van der Waals surface area (Å²) in [7, 11) is 0. The lowest BCUT2D eigenvalue weighted by Crippen LogP contribution is -2.13. The normalized spacial score (nSPS) is 10.4. The Kier molecular flexibility index (Phi) is 4.74. The second-order valence-corrected chi connectivity index (χ2v) is 6.28. The molecule has 1 amide bonds. The Labute approximate surface area is 136 Å². The molecule has 2 aromatic rings. The van der Waals surface area contributed by atoms with Gasteiger partial charge in [0.25, 0.3) is 5.91 Å². The number of nitrogens with one attached hydrogen (secondary N) is 1. The number of halogens is 3. The Morgan fingerprint density at radius 3 is 2.20 bits per heavy atom. The number of aryl methyl sites for hydroxylation is 2. The van der Waals surface area contributed by atoms with Crippen LogP contribution in [0.3, 0.4) is 0 Å². The van der Waals surface area contributed by atoms with Gasteiger partial charge in [0.2, 0.25) is 0 Å². The number of amides is 1. The molecule has 0 fully saturated rings. The lowest BCUT2D eigenvalue weighted by molar-refractivity contribution is 0.102. The zero-order chi connectivity index (χ0) is 14.9. The molecule has 0 saturated heterocycles. The van der Waals surface area contributed by atoms with Crippen molar-refractivity contribution in [2.45, 2.75) is 13.8 Å². The molecule has 0 bridgehead atoms. The third kappa shape index (κ3) is 3.54. The maximum absolute atomic E-state index is 12.3. The van der Waals surface area contributed by atoms with Gasteiger partial charge in [0.05, 0.1) is 5.69 Å². The molecule has 2 rings (SSSR count). The fourth-order valence-corrected chi connectivity index (χ4v) is 3.24. The Morgan fingerprint density at radius 2 is 1.65 bits per heavy atom. The van der Waals surface area contributed by atoms with E-state index in [0.717, 1.165) is 21.3 Å². The summed E-state index contributed by atoms with van der Waals surface area (Å²) in [6.45, 7) is 3.94. The van der Waals surface area contributed by atoms with E-state index in [1.807, 2.05) is 26.0 Å². The summed E-state index contributed by atoms with van der Waals surface area (Å²) >= 11 is 15.3. The molecule has 2 nitrogen and oxygen atoms in total. The number of hydrogen-bond donors (Lipinski definition) is 1. The number of carbonyl (C=O) groups is 1. The van der Waals surface area contributed by atoms with Gasteiger partial charge in [-0.25, -0.2) is 0 Å². The zero-order valence-corrected chi connectivity index (χ0v) is 14.0. The van der Waals surface area contributed by atoms with Crippen molar-refractivity contribution in [3.05, 3.63) is 61.5 Å². The molecule has 0 spiro atoms. The van der Waals surface area contributed by atoms with E-state index >= 15 is 0 Å². The van der Waals surface area contributed by atoms with Crippen LogP contribution >= 0.6 is 39.1 Å². The van der Waals surface area contributed by atoms with E-state index in [4.69, 9.17) is 23.2 Å². The van der Waals surface area contributed by atoms with Gasteiger partial charge in [-0.3, -0.25) is 4.79 Å². The van der Waals surface area contributed by atoms with Crippen molar-refractivity contribution in [2.75, 3.05) is 5.32 Å². The van der Waals surface area contributed by atoms with Crippen molar-refractivity contribution >= 4 is 50.7 Å². The maximum Gasteiger partial charge on any atom is 0.255 e. The minimum atomic E-state index is -0.248. The average Bonchev–Trinajstić information content (AvgIpc) is 2.32. The second-order valence-electron chi connectivity index (χ2n) is 4.55. The standard InChI is InChI=1S/C15H12BrCl2NO/c1-8-3-9(2)14(13(16)4-8)19-15(20)10-5-11(17)7-12(18)6-10/h3-7H,1-2H3,(H,19,20). The van der Waals surface area contributed by atoms with Crippen molar-refractivity contribution in [1.29, 1.82) is 0 Å². The van der Waals surface area contributed by atoms with Crippen LogP contribution in [0.1, 0.15) is 21.5 Å². The fourth-order valence-electron chi connectivity index (χ4n) is 1.94. The van der Waals surface area contributed by atoms with E-state index in [2.05, 4.69) is 21.2 Å². The first-order chi connectivity index (χ1) is 9.36. The highest BCUT2D eigenvalue weighted by molar-refractivity contribution is 9.10. The van der Waals surface area contributed by atoms with Crippen LogP contribution < -0.4 is 5.32 Å². The highest BCUT2D eigenvalue weighted by Crippen LogP contribution is 2.28. The second kappa shape index (κ2) is 6.17. The first-order valence-corrected chi connectivity index (χ1v) is 7.46. The molecule has 0 heterocycles. The van der Waals surface area contributed by atoms with E-state index in [9.17, 15) is 4.79 Å². The van der Waals surface area contributed by atoms with Crippen molar-refractivity contribution in [2.24, 2.45) is 0 Å². The first kappa shape index (κ1) is 15.4. The molecular formula is C15H12BrCl2NO. The van der Waals surface area contributed by atoms with Crippen LogP contribution in [0.2, 0.25) is 10.0 Å². The van der Waals surface area contributed by atoms with Crippen molar-refractivity contribution < 1.29 is 4.79 Å². The fraction of sp³-hybridized carbons (Fsp3) is 0.133. The SMILES string of the molecule is Cc1cc(C)c(NC(=O)c2cc(Cl)cc(Cl)c2)c(Br)c1. The van der Waals surface area contributed by atoms with Gasteiger partial charge in [0.15, 0.2) is 0 Å². The largest absolute Gasteiger partial charge is 0.321 e. The van der Waals surface area contributed by atoms with Gasteiger partial charge in [-0.2, -0.15) is 0 Å². The summed E-state index contributed by atoms with van der Waals surface area (Å²) in [5, 5.41) is 3.74. The minimum Gasteiger partial charge on any atom is -0.321 e. The molecule has 0 aliphatic rings. The smallest absolute Gasteiger partial charge is 0.255 e. The van der Waals surface area contributed by atoms with E-state index < -0.39 is 0 Å². The monoisotopic (exact) mass is 371 g/mol. The topological polar surface area (TPSA) is 29.1 Å². The molecule has 0 saturated carbocycles. The predicted octanol–water partition coefficient (Wildman–Crippen LogP) is 5.63. The maximum atomic E-state index is 12.3. The molecule has 2 aromatic carbocycles. The van der Waals surface area contributed by atoms with Crippen LogP contribution in [0.25, 0.3) is 0 Å². The molecule has 0 aliphatic heterocycles. The first-order valence-electron chi connectivity index (χ1n) is 5.91. The summed E-state index contributed by atoms with van der Waals surface area (Å²) < 4.78 is 0.844. The predicted molar refractivity (Wildman–Crippen MR) is 88.0 cm³/mol. The zero-order valence-electron chi connectivity index (χ0n) is 10.9. The molecule has 5 heteroatoms. The van der Waals surface area contributed by atoms with E-state index in [1.165, 1.54) is 0 Å². The van der Waals surface area contributed by atoms with Crippen LogP contribution in [0.15, 0.2) is 34.8 Å². The summed E-state index contributed by atoms with van der Waals surface area (Å²) in [4.78, 5) is 12.3. The molecule has 0 aliphatic carbocycles. The van der Waals surface area contributed by atoms with Gasteiger partial charge >= 0.3 is 0 Å². The van der Waals surface area contributed by atoms with Gasteiger partial charge in [-0.05, 0) is 65.2 Å². The summed E-state index contributed by atoms with van der Waals surface area (Å²) in [5.74, 6) is -0.248. The third-order valence-corrected chi connectivity index (χ3v) is 3.86. The molecule has 0 atom stereocenters. The molecule has 0 aromatic heterocycles. The van der Waals surface area contributed by atoms with Crippen LogP contribution in [-0.2, 0) is 0 Å². The van der Waals surface area contributed by atoms with Gasteiger partial charge in [-0.1, -0.05) is 29.3 Å². The van der Waals surface area contributed by atoms with Crippen LogP contribution in [0, 0.1) is 13.8 Å². The average molecular weight is 373 g/mol. The number of anilines is 1. The van der Waals surface area contributed by atoms with Crippen LogP contribution in [0.4, 0.5) is 5.69 Å². The summed E-state index contributed by atoms with van der Waals surface area (Å²) in [6.07, 6.45) is 0. The number of benzene rings is 2. The van der Waals surface area contributed by atoms with E-state index in [-0.39, 0.29) is 5.91 Å². The highest BCUT2D eigenvalue weighted by Gasteiger charge is 2.12. The number of carbonyl (C=O) groups excluding carboxylic acids is 1. The highest BCUT2D eigenvalue weighted by atomic mass is 79.9. The Balaban J connectivity index is 2.32. The van der Waals surface area contributed by atoms with Gasteiger partial charge < -0.3 is 5.32 Å². The summed E-state index contributed by atoms with van der Waals surface area (Å²) in [6, 6.07) is 8.71. The number of hydrogen-bond acceptors (Lipinski definition) is 1. The molecule has 0 unspecified atom stereocenters. The van der Waals surface area contributed by atoms with Gasteiger partial charge in [0.1, 0.15) is 0 Å². The Bertz CT molecular complexity index is 642. The van der Waals surface area contributed by atoms with Crippen molar-refractivity contribution in [3.63, 3.8) is 0 Å². The molecule has 20 heavy (non-hydrogen) atoms. The minimum absolute atomic E-state index is 0.248. The lowest BCUT2D eigenvalue weighted by Gasteiger charge is -2.12. The van der Waals surface area contributed by atoms with E-state index in [1.54, 1.807) is 18.2 Å². The molecule has 1 N–H and O–H groups in total. The quantitative estimate of drug-likeness (QED) is 0.727. The van der Waals surface area contributed by atoms with Crippen molar-refractivity contribution in [3.8, 4) is 0 Å². The van der Waals surface area contributed by atoms with Crippen LogP contribution in [-0.4, -0.2) is 5.91 Å². The van der Waals surface area contributed by atoms with Crippen LogP contribution in [0.5, 0.6) is 0 Å². The molecular weight excluding hydrogens is 361 g/mol. The number of rotatable bonds is 2. The lowest BCUT2D eigenvalue weighted by atomic mass is 10.1. The summed E-state index contributed by atoms with van der Waals surface area (Å²) in [5.41, 5.74) is 3.28.